The van der Waals surface area contributed by atoms with Crippen LogP contribution in [0.2, 0.25) is 10.0 Å². The average Bonchev–Trinajstić information content (AvgIpc) is 2.29. The fraction of sp³-hybridized carbons (Fsp3) is 0. The Hall–Kier alpha value is -1.56. The minimum Gasteiger partial charge on any atom is -0.237 e. The van der Waals surface area contributed by atoms with E-state index in [4.69, 9.17) is 28.5 Å². The maximum absolute atomic E-state index is 8.76. The first kappa shape index (κ1) is 10.9. The predicted octanol–water partition coefficient (Wildman–Crippen LogP) is 3.93. The summed E-state index contributed by atoms with van der Waals surface area (Å²) in [6, 6.07) is 12.4. The van der Waals surface area contributed by atoms with Crippen molar-refractivity contribution >= 4 is 23.2 Å². The third-order valence-corrected chi connectivity index (χ3v) is 2.62. The van der Waals surface area contributed by atoms with Crippen LogP contribution >= 0.6 is 23.2 Å². The molecule has 0 bridgehead atoms. The molecule has 0 fully saturated rings. The molecule has 0 aliphatic heterocycles. The van der Waals surface area contributed by atoms with Crippen LogP contribution in [0.3, 0.4) is 0 Å². The van der Waals surface area contributed by atoms with Crippen LogP contribution in [0.25, 0.3) is 11.3 Å². The van der Waals surface area contributed by atoms with Crippen LogP contribution < -0.4 is 0 Å². The number of hydrogen-bond acceptors (Lipinski definition) is 2. The maximum atomic E-state index is 8.76. The molecule has 0 aliphatic carbocycles. The van der Waals surface area contributed by atoms with Crippen molar-refractivity contribution in [3.05, 3.63) is 52.1 Å². The standard InChI is InChI=1S/C12H6Cl2N2/c13-8-4-5-10(11(14)6-8)12-3-1-2-9(7-15)16-12/h1-6H. The zero-order valence-corrected chi connectivity index (χ0v) is 9.63. The third kappa shape index (κ3) is 2.16. The third-order valence-electron chi connectivity index (χ3n) is 2.07. The number of rotatable bonds is 1. The van der Waals surface area contributed by atoms with Crippen molar-refractivity contribution in [2.45, 2.75) is 0 Å². The van der Waals surface area contributed by atoms with Gasteiger partial charge in [-0.25, -0.2) is 4.98 Å². The van der Waals surface area contributed by atoms with E-state index in [1.54, 1.807) is 36.4 Å². The highest BCUT2D eigenvalue weighted by atomic mass is 35.5. The van der Waals surface area contributed by atoms with Gasteiger partial charge in [-0.1, -0.05) is 29.3 Å². The summed E-state index contributed by atoms with van der Waals surface area (Å²) in [5.74, 6) is 0. The molecule has 0 saturated carbocycles. The van der Waals surface area contributed by atoms with Crippen molar-refractivity contribution in [1.82, 2.24) is 4.98 Å². The number of aromatic nitrogens is 1. The number of halogens is 2. The Morgan fingerprint density at radius 2 is 1.94 bits per heavy atom. The molecule has 0 saturated heterocycles. The normalized spacial score (nSPS) is 9.81. The van der Waals surface area contributed by atoms with Crippen molar-refractivity contribution in [2.24, 2.45) is 0 Å². The van der Waals surface area contributed by atoms with Crippen LogP contribution in [0.5, 0.6) is 0 Å². The van der Waals surface area contributed by atoms with E-state index in [0.717, 1.165) is 5.56 Å². The summed E-state index contributed by atoms with van der Waals surface area (Å²) in [7, 11) is 0. The van der Waals surface area contributed by atoms with Gasteiger partial charge in [-0.15, -0.1) is 0 Å². The Morgan fingerprint density at radius 1 is 1.12 bits per heavy atom. The first-order valence-corrected chi connectivity index (χ1v) is 5.29. The number of nitriles is 1. The molecule has 0 N–H and O–H groups in total. The molecular formula is C12H6Cl2N2. The van der Waals surface area contributed by atoms with Gasteiger partial charge in [0.25, 0.3) is 0 Å². The van der Waals surface area contributed by atoms with Gasteiger partial charge in [0, 0.05) is 10.6 Å². The average molecular weight is 249 g/mol. The van der Waals surface area contributed by atoms with E-state index in [1.165, 1.54) is 0 Å². The van der Waals surface area contributed by atoms with Gasteiger partial charge in [0.2, 0.25) is 0 Å². The van der Waals surface area contributed by atoms with Crippen LogP contribution in [-0.4, -0.2) is 4.98 Å². The zero-order valence-electron chi connectivity index (χ0n) is 8.11. The quantitative estimate of drug-likeness (QED) is 0.767. The molecule has 78 valence electrons. The van der Waals surface area contributed by atoms with Crippen LogP contribution in [0.4, 0.5) is 0 Å². The number of benzene rings is 1. The second kappa shape index (κ2) is 4.52. The molecule has 0 radical (unpaired) electrons. The van der Waals surface area contributed by atoms with E-state index in [2.05, 4.69) is 4.98 Å². The minimum atomic E-state index is 0.364. The summed E-state index contributed by atoms with van der Waals surface area (Å²) >= 11 is 11.9. The predicted molar refractivity (Wildman–Crippen MR) is 64.4 cm³/mol. The van der Waals surface area contributed by atoms with Gasteiger partial charge in [-0.3, -0.25) is 0 Å². The van der Waals surface area contributed by atoms with Gasteiger partial charge >= 0.3 is 0 Å². The van der Waals surface area contributed by atoms with E-state index in [1.807, 2.05) is 6.07 Å². The molecule has 1 aromatic carbocycles. The highest BCUT2D eigenvalue weighted by Crippen LogP contribution is 2.28. The van der Waals surface area contributed by atoms with Gasteiger partial charge < -0.3 is 0 Å². The summed E-state index contributed by atoms with van der Waals surface area (Å²) in [4.78, 5) is 4.16. The molecule has 0 unspecified atom stereocenters. The second-order valence-corrected chi connectivity index (χ2v) is 3.99. The molecule has 2 aromatic rings. The smallest absolute Gasteiger partial charge is 0.141 e. The fourth-order valence-electron chi connectivity index (χ4n) is 1.34. The first-order valence-electron chi connectivity index (χ1n) is 4.53. The van der Waals surface area contributed by atoms with Gasteiger partial charge in [-0.2, -0.15) is 5.26 Å². The molecule has 0 amide bonds. The molecule has 0 atom stereocenters. The van der Waals surface area contributed by atoms with Crippen LogP contribution in [0, 0.1) is 11.3 Å². The topological polar surface area (TPSA) is 36.7 Å². The molecule has 2 rings (SSSR count). The van der Waals surface area contributed by atoms with Crippen molar-refractivity contribution in [3.63, 3.8) is 0 Å². The van der Waals surface area contributed by atoms with Crippen molar-refractivity contribution in [2.75, 3.05) is 0 Å². The Bertz CT molecular complexity index is 573. The summed E-state index contributed by atoms with van der Waals surface area (Å²) in [5.41, 5.74) is 1.80. The zero-order chi connectivity index (χ0) is 11.5. The highest BCUT2D eigenvalue weighted by molar-refractivity contribution is 6.36. The monoisotopic (exact) mass is 248 g/mol. The van der Waals surface area contributed by atoms with Gasteiger partial charge in [0.05, 0.1) is 10.7 Å². The van der Waals surface area contributed by atoms with E-state index in [0.29, 0.717) is 21.4 Å². The molecule has 0 spiro atoms. The Kier molecular flexibility index (Phi) is 3.09. The Balaban J connectivity index is 2.55. The molecule has 1 heterocycles. The van der Waals surface area contributed by atoms with E-state index in [9.17, 15) is 0 Å². The van der Waals surface area contributed by atoms with Gasteiger partial charge in [0.15, 0.2) is 0 Å². The van der Waals surface area contributed by atoms with Crippen LogP contribution in [-0.2, 0) is 0 Å². The van der Waals surface area contributed by atoms with E-state index >= 15 is 0 Å². The Morgan fingerprint density at radius 3 is 2.62 bits per heavy atom. The summed E-state index contributed by atoms with van der Waals surface area (Å²) in [6.07, 6.45) is 0. The van der Waals surface area contributed by atoms with Crippen molar-refractivity contribution < 1.29 is 0 Å². The first-order chi connectivity index (χ1) is 7.70. The summed E-state index contributed by atoms with van der Waals surface area (Å²) in [5, 5.41) is 9.85. The van der Waals surface area contributed by atoms with Crippen LogP contribution in [0.15, 0.2) is 36.4 Å². The highest BCUT2D eigenvalue weighted by Gasteiger charge is 2.06. The minimum absolute atomic E-state index is 0.364. The molecule has 4 heteroatoms. The number of hydrogen-bond donors (Lipinski definition) is 0. The lowest BCUT2D eigenvalue weighted by Gasteiger charge is -2.03. The number of pyridine rings is 1. The molecule has 16 heavy (non-hydrogen) atoms. The summed E-state index contributed by atoms with van der Waals surface area (Å²) in [6.45, 7) is 0. The summed E-state index contributed by atoms with van der Waals surface area (Å²) < 4.78 is 0. The Labute approximate surface area is 103 Å². The largest absolute Gasteiger partial charge is 0.237 e. The number of nitrogens with zero attached hydrogens (tertiary/aromatic N) is 2. The van der Waals surface area contributed by atoms with Crippen LogP contribution in [0.1, 0.15) is 5.69 Å². The SMILES string of the molecule is N#Cc1cccc(-c2ccc(Cl)cc2Cl)n1. The van der Waals surface area contributed by atoms with E-state index < -0.39 is 0 Å². The molecule has 0 aliphatic rings. The lowest BCUT2D eigenvalue weighted by molar-refractivity contribution is 1.27. The van der Waals surface area contributed by atoms with Crippen molar-refractivity contribution in [1.29, 1.82) is 5.26 Å². The molecular weight excluding hydrogens is 243 g/mol. The van der Waals surface area contributed by atoms with E-state index in [-0.39, 0.29) is 0 Å². The van der Waals surface area contributed by atoms with Gasteiger partial charge in [-0.05, 0) is 30.3 Å². The second-order valence-electron chi connectivity index (χ2n) is 3.14. The lowest BCUT2D eigenvalue weighted by atomic mass is 10.1. The maximum Gasteiger partial charge on any atom is 0.141 e. The fourth-order valence-corrected chi connectivity index (χ4v) is 1.85. The molecule has 1 aromatic heterocycles. The van der Waals surface area contributed by atoms with Gasteiger partial charge in [0.1, 0.15) is 11.8 Å². The van der Waals surface area contributed by atoms with Crippen molar-refractivity contribution in [3.8, 4) is 17.3 Å². The molecule has 2 nitrogen and oxygen atoms in total. The lowest BCUT2D eigenvalue weighted by Crippen LogP contribution is -1.87.